The molecule has 29 heavy (non-hydrogen) atoms. The molecular formula is C20H25N5O4. The maximum atomic E-state index is 11.8. The summed E-state index contributed by atoms with van der Waals surface area (Å²) in [6.45, 7) is 5.18. The van der Waals surface area contributed by atoms with E-state index in [9.17, 15) is 14.9 Å². The highest BCUT2D eigenvalue weighted by molar-refractivity contribution is 5.75. The average molecular weight is 399 g/mol. The Labute approximate surface area is 169 Å². The molecule has 0 atom stereocenters. The van der Waals surface area contributed by atoms with Crippen molar-refractivity contribution >= 4 is 29.0 Å². The van der Waals surface area contributed by atoms with E-state index in [2.05, 4.69) is 29.1 Å². The minimum absolute atomic E-state index is 0.146. The molecule has 154 valence electrons. The lowest BCUT2D eigenvalue weighted by Gasteiger charge is -2.31. The number of ether oxygens (including phenoxy) is 1. The van der Waals surface area contributed by atoms with E-state index in [4.69, 9.17) is 4.74 Å². The van der Waals surface area contributed by atoms with Gasteiger partial charge in [-0.15, -0.1) is 0 Å². The normalized spacial score (nSPS) is 14.7. The lowest BCUT2D eigenvalue weighted by atomic mass is 9.97. The molecule has 1 aliphatic heterocycles. The summed E-state index contributed by atoms with van der Waals surface area (Å²) in [5.74, 6) is 0.377. The molecular weight excluding hydrogens is 374 g/mol. The van der Waals surface area contributed by atoms with Gasteiger partial charge in [0.05, 0.1) is 18.0 Å². The molecule has 1 aliphatic rings. The molecule has 1 aromatic carbocycles. The number of carbonyl (C=O) groups is 1. The zero-order valence-corrected chi connectivity index (χ0v) is 16.8. The van der Waals surface area contributed by atoms with Crippen molar-refractivity contribution in [3.8, 4) is 0 Å². The van der Waals surface area contributed by atoms with Crippen LogP contribution in [0.5, 0.6) is 0 Å². The molecule has 2 heterocycles. The van der Waals surface area contributed by atoms with Crippen LogP contribution in [0.25, 0.3) is 0 Å². The summed E-state index contributed by atoms with van der Waals surface area (Å²) in [4.78, 5) is 33.2. The molecule has 0 saturated carbocycles. The highest BCUT2D eigenvalue weighted by Crippen LogP contribution is 2.35. The maximum Gasteiger partial charge on any atom is 0.353 e. The number of piperidine rings is 1. The van der Waals surface area contributed by atoms with Crippen LogP contribution in [0.4, 0.5) is 23.0 Å². The number of nitrogens with zero attached hydrogens (tertiary/aromatic N) is 4. The third-order valence-electron chi connectivity index (χ3n) is 5.15. The molecule has 0 amide bonds. The zero-order chi connectivity index (χ0) is 21.0. The van der Waals surface area contributed by atoms with Crippen LogP contribution in [0.1, 0.15) is 38.2 Å². The third-order valence-corrected chi connectivity index (χ3v) is 5.15. The van der Waals surface area contributed by atoms with E-state index in [0.717, 1.165) is 0 Å². The largest absolute Gasteiger partial charge is 0.469 e. The molecule has 1 fully saturated rings. The van der Waals surface area contributed by atoms with Gasteiger partial charge in [-0.3, -0.25) is 14.9 Å². The first kappa shape index (κ1) is 20.5. The van der Waals surface area contributed by atoms with E-state index in [0.29, 0.717) is 37.5 Å². The lowest BCUT2D eigenvalue weighted by Crippen LogP contribution is -2.37. The monoisotopic (exact) mass is 399 g/mol. The minimum atomic E-state index is -0.466. The predicted molar refractivity (Wildman–Crippen MR) is 109 cm³/mol. The number of carbonyl (C=O) groups excluding carboxylic acids is 1. The second-order valence-corrected chi connectivity index (χ2v) is 7.34. The first-order chi connectivity index (χ1) is 13.9. The summed E-state index contributed by atoms with van der Waals surface area (Å²) in [5, 5.41) is 14.9. The van der Waals surface area contributed by atoms with Crippen molar-refractivity contribution in [2.45, 2.75) is 32.6 Å². The van der Waals surface area contributed by atoms with Gasteiger partial charge in [-0.05, 0) is 36.5 Å². The summed E-state index contributed by atoms with van der Waals surface area (Å²) in [7, 11) is 1.37. The standard InChI is InChI=1S/C20H25N5O4/c1-13(2)14-4-6-16(7-5-14)23-18-17(25(27)28)19(22-12-21-18)24-10-8-15(9-11-24)20(26)29-3/h4-7,12-13,15H,8-11H2,1-3H3,(H,21,22,23). The SMILES string of the molecule is COC(=O)C1CCN(c2ncnc(Nc3ccc(C(C)C)cc3)c2[N+](=O)[O-])CC1. The molecule has 9 heteroatoms. The Morgan fingerprint density at radius 3 is 2.45 bits per heavy atom. The van der Waals surface area contributed by atoms with Gasteiger partial charge in [0, 0.05) is 18.8 Å². The fourth-order valence-electron chi connectivity index (χ4n) is 3.44. The van der Waals surface area contributed by atoms with Gasteiger partial charge in [0.15, 0.2) is 0 Å². The Morgan fingerprint density at radius 2 is 1.90 bits per heavy atom. The summed E-state index contributed by atoms with van der Waals surface area (Å²) in [5.41, 5.74) is 1.73. The predicted octanol–water partition coefficient (Wildman–Crippen LogP) is 3.64. The quantitative estimate of drug-likeness (QED) is 0.445. The molecule has 0 spiro atoms. The lowest BCUT2D eigenvalue weighted by molar-refractivity contribution is -0.383. The van der Waals surface area contributed by atoms with E-state index in [1.54, 1.807) is 0 Å². The van der Waals surface area contributed by atoms with Crippen molar-refractivity contribution < 1.29 is 14.5 Å². The number of benzene rings is 1. The number of hydrogen-bond donors (Lipinski definition) is 1. The summed E-state index contributed by atoms with van der Waals surface area (Å²) >= 11 is 0. The zero-order valence-electron chi connectivity index (χ0n) is 16.8. The summed E-state index contributed by atoms with van der Waals surface area (Å²) in [6, 6.07) is 7.72. The van der Waals surface area contributed by atoms with Crippen molar-refractivity contribution in [2.24, 2.45) is 5.92 Å². The molecule has 0 aliphatic carbocycles. The third kappa shape index (κ3) is 4.61. The van der Waals surface area contributed by atoms with Gasteiger partial charge in [-0.1, -0.05) is 26.0 Å². The van der Waals surface area contributed by atoms with Gasteiger partial charge in [0.1, 0.15) is 6.33 Å². The van der Waals surface area contributed by atoms with Crippen molar-refractivity contribution in [1.82, 2.24) is 9.97 Å². The molecule has 1 N–H and O–H groups in total. The first-order valence-electron chi connectivity index (χ1n) is 9.59. The number of nitrogens with one attached hydrogen (secondary N) is 1. The number of aromatic nitrogens is 2. The van der Waals surface area contributed by atoms with Crippen LogP contribution < -0.4 is 10.2 Å². The Bertz CT molecular complexity index is 877. The van der Waals surface area contributed by atoms with E-state index in [1.807, 2.05) is 29.2 Å². The fourth-order valence-corrected chi connectivity index (χ4v) is 3.44. The van der Waals surface area contributed by atoms with E-state index < -0.39 is 4.92 Å². The van der Waals surface area contributed by atoms with Gasteiger partial charge in [0.2, 0.25) is 11.6 Å². The molecule has 2 aromatic rings. The van der Waals surface area contributed by atoms with Gasteiger partial charge < -0.3 is 15.0 Å². The van der Waals surface area contributed by atoms with Crippen LogP contribution in [0.3, 0.4) is 0 Å². The van der Waals surface area contributed by atoms with Gasteiger partial charge in [-0.25, -0.2) is 9.97 Å². The van der Waals surface area contributed by atoms with Crippen LogP contribution in [0.15, 0.2) is 30.6 Å². The second-order valence-electron chi connectivity index (χ2n) is 7.34. The van der Waals surface area contributed by atoms with Crippen LogP contribution in [0, 0.1) is 16.0 Å². The topological polar surface area (TPSA) is 110 Å². The number of hydrogen-bond acceptors (Lipinski definition) is 8. The van der Waals surface area contributed by atoms with Crippen LogP contribution in [0.2, 0.25) is 0 Å². The Hall–Kier alpha value is -3.23. The average Bonchev–Trinajstić information content (AvgIpc) is 2.73. The molecule has 3 rings (SSSR count). The number of anilines is 3. The van der Waals surface area contributed by atoms with Crippen LogP contribution >= 0.6 is 0 Å². The molecule has 0 radical (unpaired) electrons. The second kappa shape index (κ2) is 8.85. The van der Waals surface area contributed by atoms with Crippen molar-refractivity contribution in [3.63, 3.8) is 0 Å². The van der Waals surface area contributed by atoms with Crippen molar-refractivity contribution in [1.29, 1.82) is 0 Å². The van der Waals surface area contributed by atoms with Crippen molar-refractivity contribution in [2.75, 3.05) is 30.4 Å². The Morgan fingerprint density at radius 1 is 1.24 bits per heavy atom. The maximum absolute atomic E-state index is 11.8. The van der Waals surface area contributed by atoms with Gasteiger partial charge in [0.25, 0.3) is 0 Å². The van der Waals surface area contributed by atoms with Crippen LogP contribution in [-0.2, 0) is 9.53 Å². The number of esters is 1. The Kier molecular flexibility index (Phi) is 6.26. The van der Waals surface area contributed by atoms with E-state index in [-0.39, 0.29) is 29.2 Å². The highest BCUT2D eigenvalue weighted by atomic mass is 16.6. The Balaban J connectivity index is 1.83. The van der Waals surface area contributed by atoms with Crippen LogP contribution in [-0.4, -0.2) is 41.1 Å². The number of nitro groups is 1. The number of rotatable bonds is 6. The van der Waals surface area contributed by atoms with E-state index >= 15 is 0 Å². The first-order valence-corrected chi connectivity index (χ1v) is 9.59. The van der Waals surface area contributed by atoms with Crippen molar-refractivity contribution in [3.05, 3.63) is 46.3 Å². The summed E-state index contributed by atoms with van der Waals surface area (Å²) in [6.07, 6.45) is 2.44. The fraction of sp³-hybridized carbons (Fsp3) is 0.450. The summed E-state index contributed by atoms with van der Waals surface area (Å²) < 4.78 is 4.80. The van der Waals surface area contributed by atoms with Gasteiger partial charge >= 0.3 is 11.7 Å². The van der Waals surface area contributed by atoms with E-state index in [1.165, 1.54) is 19.0 Å². The van der Waals surface area contributed by atoms with Gasteiger partial charge in [-0.2, -0.15) is 0 Å². The molecule has 9 nitrogen and oxygen atoms in total. The molecule has 1 saturated heterocycles. The smallest absolute Gasteiger partial charge is 0.353 e. The molecule has 1 aromatic heterocycles. The minimum Gasteiger partial charge on any atom is -0.469 e. The molecule has 0 unspecified atom stereocenters. The number of methoxy groups -OCH3 is 1. The molecule has 0 bridgehead atoms. The highest BCUT2D eigenvalue weighted by Gasteiger charge is 2.32.